The summed E-state index contributed by atoms with van der Waals surface area (Å²) in [4.78, 5) is 0. The van der Waals surface area contributed by atoms with Crippen molar-refractivity contribution >= 4 is 5.69 Å². The Morgan fingerprint density at radius 2 is 1.62 bits per heavy atom. The van der Waals surface area contributed by atoms with Crippen molar-refractivity contribution in [2.45, 2.75) is 58.6 Å². The van der Waals surface area contributed by atoms with Crippen molar-refractivity contribution in [1.29, 1.82) is 0 Å². The summed E-state index contributed by atoms with van der Waals surface area (Å²) in [5, 5.41) is 13.6. The molecule has 0 unspecified atom stereocenters. The van der Waals surface area contributed by atoms with E-state index in [4.69, 9.17) is 4.74 Å². The van der Waals surface area contributed by atoms with E-state index in [1.807, 2.05) is 18.2 Å². The second-order valence-electron chi connectivity index (χ2n) is 8.60. The molecule has 3 nitrogen and oxygen atoms in total. The molecule has 0 saturated carbocycles. The lowest BCUT2D eigenvalue weighted by Crippen LogP contribution is -2.17. The van der Waals surface area contributed by atoms with E-state index in [0.717, 1.165) is 17.0 Å². The molecule has 1 aliphatic heterocycles. The number of nitrogens with one attached hydrogen (secondary N) is 1. The topological polar surface area (TPSA) is 41.5 Å². The summed E-state index contributed by atoms with van der Waals surface area (Å²) in [5.41, 5.74) is 4.26. The minimum atomic E-state index is -0.363. The van der Waals surface area contributed by atoms with E-state index in [-0.39, 0.29) is 22.8 Å². The molecule has 0 fully saturated rings. The molecule has 2 N–H and O–H groups in total. The van der Waals surface area contributed by atoms with Crippen LogP contribution in [0.4, 0.5) is 5.69 Å². The van der Waals surface area contributed by atoms with Gasteiger partial charge in [0.05, 0.1) is 11.3 Å². The molecule has 3 rings (SSSR count). The second-order valence-corrected chi connectivity index (χ2v) is 8.60. The van der Waals surface area contributed by atoms with Crippen molar-refractivity contribution in [3.8, 4) is 11.5 Å². The third-order valence-electron chi connectivity index (χ3n) is 4.50. The highest BCUT2D eigenvalue weighted by Crippen LogP contribution is 2.47. The van der Waals surface area contributed by atoms with Gasteiger partial charge >= 0.3 is 0 Å². The number of para-hydroxylation sites is 1. The van der Waals surface area contributed by atoms with Crippen molar-refractivity contribution < 1.29 is 9.84 Å². The fraction of sp³-hybridized carbons (Fsp3) is 0.429. The molecule has 128 valence electrons. The Kier molecular flexibility index (Phi) is 3.78. The smallest absolute Gasteiger partial charge is 0.200 e. The van der Waals surface area contributed by atoms with Gasteiger partial charge in [-0.2, -0.15) is 0 Å². The summed E-state index contributed by atoms with van der Waals surface area (Å²) in [5.74, 6) is 1.14. The van der Waals surface area contributed by atoms with Crippen LogP contribution in [-0.4, -0.2) is 5.11 Å². The van der Waals surface area contributed by atoms with Crippen LogP contribution in [-0.2, 0) is 10.8 Å². The average Bonchev–Trinajstić information content (AvgIpc) is 2.88. The molecule has 3 heteroatoms. The quantitative estimate of drug-likeness (QED) is 0.728. The molecule has 0 bridgehead atoms. The van der Waals surface area contributed by atoms with Crippen LogP contribution in [0.1, 0.15) is 64.5 Å². The average molecular weight is 325 g/mol. The molecule has 0 saturated heterocycles. The number of hydrogen-bond donors (Lipinski definition) is 2. The Bertz CT molecular complexity index is 766. The van der Waals surface area contributed by atoms with Crippen LogP contribution in [0.3, 0.4) is 0 Å². The van der Waals surface area contributed by atoms with Crippen LogP contribution in [0, 0.1) is 0 Å². The molecule has 2 aromatic rings. The molecule has 24 heavy (non-hydrogen) atoms. The fourth-order valence-electron chi connectivity index (χ4n) is 2.99. The third kappa shape index (κ3) is 2.95. The summed E-state index contributed by atoms with van der Waals surface area (Å²) < 4.78 is 6.23. The fourth-order valence-corrected chi connectivity index (χ4v) is 2.99. The summed E-state index contributed by atoms with van der Waals surface area (Å²) in [6.07, 6.45) is -0.363. The van der Waals surface area contributed by atoms with Crippen LogP contribution >= 0.6 is 0 Å². The van der Waals surface area contributed by atoms with Gasteiger partial charge in [-0.05, 0) is 34.6 Å². The van der Waals surface area contributed by atoms with Crippen molar-refractivity contribution in [2.75, 3.05) is 5.32 Å². The Morgan fingerprint density at radius 1 is 0.958 bits per heavy atom. The first-order chi connectivity index (χ1) is 11.1. The molecular formula is C21H27NO2. The maximum atomic E-state index is 10.1. The number of fused-ring (bicyclic) bond motifs is 1. The SMILES string of the molecule is CC(C)(C)c1cc2c(c(C(C)(C)C)c1)O[C@H](c1ccccc1O)N2. The van der Waals surface area contributed by atoms with Crippen LogP contribution in [0.15, 0.2) is 36.4 Å². The van der Waals surface area contributed by atoms with Crippen molar-refractivity contribution in [2.24, 2.45) is 0 Å². The first-order valence-corrected chi connectivity index (χ1v) is 8.47. The van der Waals surface area contributed by atoms with E-state index in [1.54, 1.807) is 6.07 Å². The van der Waals surface area contributed by atoms with Crippen LogP contribution in [0.25, 0.3) is 0 Å². The summed E-state index contributed by atoms with van der Waals surface area (Å²) >= 11 is 0. The lowest BCUT2D eigenvalue weighted by atomic mass is 9.80. The molecule has 0 spiro atoms. The number of benzene rings is 2. The second kappa shape index (κ2) is 5.44. The number of ether oxygens (including phenoxy) is 1. The zero-order chi connectivity index (χ0) is 17.7. The Balaban J connectivity index is 2.09. The highest BCUT2D eigenvalue weighted by atomic mass is 16.5. The molecule has 2 aromatic carbocycles. The Morgan fingerprint density at radius 3 is 2.21 bits per heavy atom. The Labute approximate surface area is 144 Å². The van der Waals surface area contributed by atoms with Gasteiger partial charge in [-0.3, -0.25) is 0 Å². The zero-order valence-corrected chi connectivity index (χ0v) is 15.4. The maximum absolute atomic E-state index is 10.1. The van der Waals surface area contributed by atoms with E-state index in [0.29, 0.717) is 0 Å². The van der Waals surface area contributed by atoms with Crippen molar-refractivity contribution in [3.05, 3.63) is 53.1 Å². The summed E-state index contributed by atoms with van der Waals surface area (Å²) in [7, 11) is 0. The summed E-state index contributed by atoms with van der Waals surface area (Å²) in [6.45, 7) is 13.3. The normalized spacial score (nSPS) is 17.2. The van der Waals surface area contributed by atoms with Gasteiger partial charge in [0.2, 0.25) is 0 Å². The van der Waals surface area contributed by atoms with Crippen molar-refractivity contribution in [1.82, 2.24) is 0 Å². The largest absolute Gasteiger partial charge is 0.507 e. The number of aromatic hydroxyl groups is 1. The predicted octanol–water partition coefficient (Wildman–Crippen LogP) is 5.49. The van der Waals surface area contributed by atoms with E-state index < -0.39 is 0 Å². The standard InChI is InChI=1S/C21H27NO2/c1-20(2,3)13-11-15(21(4,5)6)18-16(12-13)22-19(24-18)14-9-7-8-10-17(14)23/h7-12,19,22-23H,1-6H3/t19-/m1/s1. The van der Waals surface area contributed by atoms with Gasteiger partial charge < -0.3 is 15.2 Å². The molecule has 1 aliphatic rings. The summed E-state index contributed by atoms with van der Waals surface area (Å²) in [6, 6.07) is 11.7. The van der Waals surface area contributed by atoms with Gasteiger partial charge in [0, 0.05) is 5.56 Å². The van der Waals surface area contributed by atoms with Gasteiger partial charge in [0.25, 0.3) is 0 Å². The van der Waals surface area contributed by atoms with E-state index in [9.17, 15) is 5.11 Å². The molecule has 0 aliphatic carbocycles. The lowest BCUT2D eigenvalue weighted by Gasteiger charge is -2.26. The number of rotatable bonds is 1. The third-order valence-corrected chi connectivity index (χ3v) is 4.50. The molecule has 0 amide bonds. The van der Waals surface area contributed by atoms with Crippen LogP contribution in [0.5, 0.6) is 11.5 Å². The number of phenolic OH excluding ortho intramolecular Hbond substituents is 1. The van der Waals surface area contributed by atoms with Gasteiger partial charge in [-0.25, -0.2) is 0 Å². The minimum Gasteiger partial charge on any atom is -0.507 e. The highest BCUT2D eigenvalue weighted by molar-refractivity contribution is 5.68. The zero-order valence-electron chi connectivity index (χ0n) is 15.4. The lowest BCUT2D eigenvalue weighted by molar-refractivity contribution is 0.248. The number of phenols is 1. The first kappa shape index (κ1) is 16.7. The van der Waals surface area contributed by atoms with Gasteiger partial charge in [0.15, 0.2) is 6.23 Å². The molecule has 0 radical (unpaired) electrons. The van der Waals surface area contributed by atoms with E-state index in [1.165, 1.54) is 11.1 Å². The monoisotopic (exact) mass is 325 g/mol. The maximum Gasteiger partial charge on any atom is 0.200 e. The van der Waals surface area contributed by atoms with Gasteiger partial charge in [-0.1, -0.05) is 59.7 Å². The van der Waals surface area contributed by atoms with Crippen LogP contribution < -0.4 is 10.1 Å². The molecular weight excluding hydrogens is 298 g/mol. The molecule has 1 heterocycles. The molecule has 0 aromatic heterocycles. The predicted molar refractivity (Wildman–Crippen MR) is 98.9 cm³/mol. The van der Waals surface area contributed by atoms with E-state index in [2.05, 4.69) is 59.0 Å². The van der Waals surface area contributed by atoms with E-state index >= 15 is 0 Å². The van der Waals surface area contributed by atoms with Crippen LogP contribution in [0.2, 0.25) is 0 Å². The minimum absolute atomic E-state index is 0.0271. The highest BCUT2D eigenvalue weighted by Gasteiger charge is 2.33. The van der Waals surface area contributed by atoms with Gasteiger partial charge in [0.1, 0.15) is 11.5 Å². The Hall–Kier alpha value is -2.16. The number of anilines is 1. The van der Waals surface area contributed by atoms with Gasteiger partial charge in [-0.15, -0.1) is 0 Å². The molecule has 1 atom stereocenters. The number of hydrogen-bond acceptors (Lipinski definition) is 3. The van der Waals surface area contributed by atoms with Crippen molar-refractivity contribution in [3.63, 3.8) is 0 Å². The first-order valence-electron chi connectivity index (χ1n) is 8.47.